The first-order valence-electron chi connectivity index (χ1n) is 20.2. The Morgan fingerprint density at radius 1 is 0.533 bits per heavy atom. The van der Waals surface area contributed by atoms with Gasteiger partial charge in [0.15, 0.2) is 0 Å². The number of hydrogen-bond donors (Lipinski definition) is 0. The molecule has 0 saturated carbocycles. The van der Waals surface area contributed by atoms with Crippen LogP contribution < -0.4 is 4.74 Å². The Balaban J connectivity index is 1.00. The van der Waals surface area contributed by atoms with Gasteiger partial charge in [0.2, 0.25) is 0 Å². The Bertz CT molecular complexity index is 3460. The molecular formula is C56H37N3O. The van der Waals surface area contributed by atoms with Crippen LogP contribution in [-0.4, -0.2) is 15.7 Å². The predicted octanol–water partition coefficient (Wildman–Crippen LogP) is 14.1. The zero-order chi connectivity index (χ0) is 40.2. The van der Waals surface area contributed by atoms with Gasteiger partial charge < -0.3 is 13.9 Å². The molecule has 0 N–H and O–H groups in total. The van der Waals surface area contributed by atoms with Gasteiger partial charge in [0.1, 0.15) is 12.4 Å². The summed E-state index contributed by atoms with van der Waals surface area (Å²) in [5.74, 6) is 0.925. The molecule has 1 aliphatic rings. The molecule has 282 valence electrons. The summed E-state index contributed by atoms with van der Waals surface area (Å²) < 4.78 is 10.5. The van der Waals surface area contributed by atoms with Gasteiger partial charge in [-0.3, -0.25) is 0 Å². The Kier molecular flexibility index (Phi) is 8.39. The van der Waals surface area contributed by atoms with Gasteiger partial charge in [-0.25, -0.2) is 0 Å². The maximum Gasteiger partial charge on any atom is 0.127 e. The average molecular weight is 768 g/mol. The van der Waals surface area contributed by atoms with Crippen LogP contribution in [0.15, 0.2) is 207 Å². The fraction of sp³-hybridized carbons (Fsp3) is 0.0179. The van der Waals surface area contributed by atoms with Crippen LogP contribution in [-0.2, 0) is 0 Å². The van der Waals surface area contributed by atoms with Crippen LogP contribution in [0, 0.1) is 11.3 Å². The van der Waals surface area contributed by atoms with Crippen molar-refractivity contribution in [3.63, 3.8) is 0 Å². The summed E-state index contributed by atoms with van der Waals surface area (Å²) in [6, 6.07) is 66.5. The molecule has 0 aliphatic carbocycles. The fourth-order valence-corrected chi connectivity index (χ4v) is 8.89. The van der Waals surface area contributed by atoms with Crippen molar-refractivity contribution in [1.82, 2.24) is 9.13 Å². The molecule has 10 aromatic rings. The topological polar surface area (TPSA) is 42.9 Å². The molecule has 1 aliphatic heterocycles. The average Bonchev–Trinajstić information content (AvgIpc) is 3.98. The highest BCUT2D eigenvalue weighted by atomic mass is 16.5. The molecule has 2 aromatic heterocycles. The normalized spacial score (nSPS) is 13.1. The molecule has 4 heteroatoms. The van der Waals surface area contributed by atoms with E-state index in [-0.39, 0.29) is 0 Å². The van der Waals surface area contributed by atoms with E-state index in [1.807, 2.05) is 36.4 Å². The maximum atomic E-state index is 9.80. The summed E-state index contributed by atoms with van der Waals surface area (Å²) in [5.41, 5.74) is 16.1. The number of ether oxygens (including phenoxy) is 1. The summed E-state index contributed by atoms with van der Waals surface area (Å²) in [7, 11) is 0. The number of hydrogen-bond acceptors (Lipinski definition) is 2. The summed E-state index contributed by atoms with van der Waals surface area (Å²) in [5, 5.41) is 14.5. The van der Waals surface area contributed by atoms with Gasteiger partial charge >= 0.3 is 0 Å². The van der Waals surface area contributed by atoms with Crippen molar-refractivity contribution in [2.75, 3.05) is 6.61 Å². The third-order valence-electron chi connectivity index (χ3n) is 11.8. The largest absolute Gasteiger partial charge is 0.488 e. The molecule has 3 heterocycles. The van der Waals surface area contributed by atoms with Gasteiger partial charge in [0.05, 0.1) is 33.7 Å². The van der Waals surface area contributed by atoms with Crippen molar-refractivity contribution in [2.45, 2.75) is 0 Å². The number of benzene rings is 8. The number of fused-ring (bicyclic) bond motifs is 7. The summed E-state index contributed by atoms with van der Waals surface area (Å²) in [4.78, 5) is 0. The van der Waals surface area contributed by atoms with Crippen LogP contribution in [0.4, 0.5) is 0 Å². The standard InChI is InChI=1S/C56H37N3O/c1-37(12-9-16-44-36-60-56-23-8-6-20-47(44)56)39-24-27-54-50(32-39)51-34-43(26-29-55(51)59(54)46-19-10-13-38(30-46)35-57)41-15-11-14-40(31-41)42-25-28-53-49(33-42)48-21-5-7-22-52(48)58(53)45-17-3-2-4-18-45/h2-34H,1,36H2/b12-9-,44-16+. The highest BCUT2D eigenvalue weighted by Gasteiger charge is 2.18. The van der Waals surface area contributed by atoms with Crippen molar-refractivity contribution in [1.29, 1.82) is 5.26 Å². The van der Waals surface area contributed by atoms with E-state index < -0.39 is 0 Å². The molecule has 4 nitrogen and oxygen atoms in total. The van der Waals surface area contributed by atoms with E-state index in [0.717, 1.165) is 77.9 Å². The third-order valence-corrected chi connectivity index (χ3v) is 11.8. The number of para-hydroxylation sites is 3. The smallest absolute Gasteiger partial charge is 0.127 e. The lowest BCUT2D eigenvalue weighted by Crippen LogP contribution is -1.94. The Hall–Kier alpha value is -8.13. The zero-order valence-corrected chi connectivity index (χ0v) is 32.7. The van der Waals surface area contributed by atoms with E-state index in [9.17, 15) is 5.26 Å². The van der Waals surface area contributed by atoms with Crippen molar-refractivity contribution in [3.8, 4) is 45.4 Å². The number of aromatic nitrogens is 2. The van der Waals surface area contributed by atoms with Crippen LogP contribution in [0.2, 0.25) is 0 Å². The molecule has 0 amide bonds. The van der Waals surface area contributed by atoms with Crippen molar-refractivity contribution in [3.05, 3.63) is 223 Å². The van der Waals surface area contributed by atoms with Crippen molar-refractivity contribution >= 4 is 54.8 Å². The summed E-state index contributed by atoms with van der Waals surface area (Å²) in [6.45, 7) is 5.04. The van der Waals surface area contributed by atoms with Gasteiger partial charge in [-0.15, -0.1) is 0 Å². The van der Waals surface area contributed by atoms with E-state index >= 15 is 0 Å². The summed E-state index contributed by atoms with van der Waals surface area (Å²) >= 11 is 0. The molecule has 0 bridgehead atoms. The predicted molar refractivity (Wildman–Crippen MR) is 249 cm³/mol. The number of allylic oxidation sites excluding steroid dienone is 4. The summed E-state index contributed by atoms with van der Waals surface area (Å²) in [6.07, 6.45) is 6.25. The van der Waals surface area contributed by atoms with E-state index in [1.165, 1.54) is 27.4 Å². The van der Waals surface area contributed by atoms with Crippen molar-refractivity contribution < 1.29 is 4.74 Å². The molecule has 0 radical (unpaired) electrons. The van der Waals surface area contributed by atoms with Crippen LogP contribution in [0.25, 0.3) is 88.4 Å². The van der Waals surface area contributed by atoms with Crippen LogP contribution >= 0.6 is 0 Å². The molecular weight excluding hydrogens is 731 g/mol. The fourth-order valence-electron chi connectivity index (χ4n) is 8.89. The van der Waals surface area contributed by atoms with Crippen molar-refractivity contribution in [2.24, 2.45) is 0 Å². The van der Waals surface area contributed by atoms with Gasteiger partial charge in [-0.1, -0.05) is 122 Å². The highest BCUT2D eigenvalue weighted by Crippen LogP contribution is 2.39. The highest BCUT2D eigenvalue weighted by molar-refractivity contribution is 6.12. The lowest BCUT2D eigenvalue weighted by atomic mass is 9.96. The Labute approximate surface area is 348 Å². The van der Waals surface area contributed by atoms with E-state index in [4.69, 9.17) is 4.74 Å². The monoisotopic (exact) mass is 767 g/mol. The van der Waals surface area contributed by atoms with E-state index in [2.05, 4.69) is 186 Å². The first kappa shape index (κ1) is 35.1. The third kappa shape index (κ3) is 5.92. The molecule has 8 aromatic carbocycles. The molecule has 0 fully saturated rings. The van der Waals surface area contributed by atoms with Gasteiger partial charge in [-0.05, 0) is 118 Å². The second kappa shape index (κ2) is 14.4. The van der Waals surface area contributed by atoms with E-state index in [1.54, 1.807) is 0 Å². The molecule has 0 spiro atoms. The lowest BCUT2D eigenvalue weighted by Gasteiger charge is -2.10. The van der Waals surface area contributed by atoms with Crippen LogP contribution in [0.5, 0.6) is 5.75 Å². The first-order valence-corrected chi connectivity index (χ1v) is 20.2. The maximum absolute atomic E-state index is 9.80. The zero-order valence-electron chi connectivity index (χ0n) is 32.7. The van der Waals surface area contributed by atoms with Gasteiger partial charge in [0.25, 0.3) is 0 Å². The minimum Gasteiger partial charge on any atom is -0.488 e. The number of nitriles is 1. The Morgan fingerprint density at radius 2 is 1.13 bits per heavy atom. The second-order valence-corrected chi connectivity index (χ2v) is 15.3. The van der Waals surface area contributed by atoms with E-state index in [0.29, 0.717) is 12.2 Å². The molecule has 0 unspecified atom stereocenters. The molecule has 0 saturated heterocycles. The quantitative estimate of drug-likeness (QED) is 0.152. The number of nitrogens with zero attached hydrogens (tertiary/aromatic N) is 3. The second-order valence-electron chi connectivity index (χ2n) is 15.3. The molecule has 60 heavy (non-hydrogen) atoms. The van der Waals surface area contributed by atoms with Gasteiger partial charge in [0, 0.05) is 44.1 Å². The van der Waals surface area contributed by atoms with Crippen LogP contribution in [0.1, 0.15) is 16.7 Å². The minimum atomic E-state index is 0.565. The first-order chi connectivity index (χ1) is 29.6. The van der Waals surface area contributed by atoms with Gasteiger partial charge in [-0.2, -0.15) is 5.26 Å². The van der Waals surface area contributed by atoms with Crippen LogP contribution in [0.3, 0.4) is 0 Å². The number of rotatable bonds is 7. The minimum absolute atomic E-state index is 0.565. The molecule has 0 atom stereocenters. The lowest BCUT2D eigenvalue weighted by molar-refractivity contribution is 0.388. The SMILES string of the molecule is C=C(/C=C\C=C1/COc2ccccc21)c1ccc2c(c1)c1cc(-c3cccc(-c4ccc5c(c4)c4ccccc4n5-c4ccccc4)c3)ccc1n2-c1cccc(C#N)c1. The molecule has 11 rings (SSSR count). The Morgan fingerprint density at radius 3 is 1.92 bits per heavy atom.